The average molecular weight is 362 g/mol. The number of nitrogens with zero attached hydrogens (tertiary/aromatic N) is 1. The molecule has 2 rings (SSSR count). The van der Waals surface area contributed by atoms with Gasteiger partial charge in [-0.05, 0) is 38.0 Å². The lowest BCUT2D eigenvalue weighted by molar-refractivity contribution is -0.0863. The molecule has 0 spiro atoms. The first-order chi connectivity index (χ1) is 9.37. The van der Waals surface area contributed by atoms with E-state index >= 15 is 0 Å². The summed E-state index contributed by atoms with van der Waals surface area (Å²) in [6, 6.07) is 5.86. The van der Waals surface area contributed by atoms with Gasteiger partial charge in [0.05, 0.1) is 12.2 Å². The molecule has 0 radical (unpaired) electrons. The van der Waals surface area contributed by atoms with E-state index in [1.807, 2.05) is 18.2 Å². The molecule has 0 aliphatic carbocycles. The van der Waals surface area contributed by atoms with Gasteiger partial charge in [-0.3, -0.25) is 4.90 Å². The van der Waals surface area contributed by atoms with Crippen molar-refractivity contribution in [2.24, 2.45) is 5.73 Å². The van der Waals surface area contributed by atoms with Crippen LogP contribution >= 0.6 is 27.5 Å². The highest BCUT2D eigenvalue weighted by Crippen LogP contribution is 2.27. The minimum absolute atomic E-state index is 0.0263. The van der Waals surface area contributed by atoms with E-state index < -0.39 is 0 Å². The van der Waals surface area contributed by atoms with Gasteiger partial charge in [0.25, 0.3) is 0 Å². The minimum atomic E-state index is -0.0579. The molecule has 1 aliphatic heterocycles. The molecule has 1 atom stereocenters. The van der Waals surface area contributed by atoms with E-state index in [-0.39, 0.29) is 11.6 Å². The highest BCUT2D eigenvalue weighted by molar-refractivity contribution is 9.10. The molecule has 1 saturated heterocycles. The van der Waals surface area contributed by atoms with Crippen molar-refractivity contribution in [3.63, 3.8) is 0 Å². The number of hydrogen-bond donors (Lipinski definition) is 1. The van der Waals surface area contributed by atoms with Gasteiger partial charge in [-0.1, -0.05) is 33.6 Å². The first-order valence-electron chi connectivity index (χ1n) is 6.94. The Hall–Kier alpha value is -0.130. The van der Waals surface area contributed by atoms with Crippen LogP contribution in [0.2, 0.25) is 5.02 Å². The van der Waals surface area contributed by atoms with Crippen LogP contribution in [-0.4, -0.2) is 36.7 Å². The molecule has 5 heteroatoms. The number of benzene rings is 1. The SMILES string of the molecule is CC1(C)CN(CCC(N)c2ccc(Br)cc2Cl)CCO1. The fourth-order valence-corrected chi connectivity index (χ4v) is 3.40. The molecule has 1 aliphatic rings. The molecular weight excluding hydrogens is 340 g/mol. The third-order valence-electron chi connectivity index (χ3n) is 3.62. The number of hydrogen-bond acceptors (Lipinski definition) is 3. The monoisotopic (exact) mass is 360 g/mol. The van der Waals surface area contributed by atoms with Gasteiger partial charge in [0.15, 0.2) is 0 Å². The van der Waals surface area contributed by atoms with Crippen LogP contribution in [-0.2, 0) is 4.74 Å². The molecule has 2 N–H and O–H groups in total. The molecule has 20 heavy (non-hydrogen) atoms. The van der Waals surface area contributed by atoms with Gasteiger partial charge in [-0.15, -0.1) is 0 Å². The molecule has 1 aromatic carbocycles. The summed E-state index contributed by atoms with van der Waals surface area (Å²) >= 11 is 9.66. The van der Waals surface area contributed by atoms with Crippen molar-refractivity contribution >= 4 is 27.5 Å². The Morgan fingerprint density at radius 3 is 2.90 bits per heavy atom. The molecule has 1 aromatic rings. The Labute approximate surface area is 134 Å². The summed E-state index contributed by atoms with van der Waals surface area (Å²) in [5, 5.41) is 0.731. The largest absolute Gasteiger partial charge is 0.373 e. The van der Waals surface area contributed by atoms with Crippen LogP contribution in [0.15, 0.2) is 22.7 Å². The van der Waals surface area contributed by atoms with E-state index in [9.17, 15) is 0 Å². The molecular formula is C15H22BrClN2O. The number of halogens is 2. The van der Waals surface area contributed by atoms with E-state index in [4.69, 9.17) is 22.1 Å². The van der Waals surface area contributed by atoms with Crippen molar-refractivity contribution in [3.8, 4) is 0 Å². The topological polar surface area (TPSA) is 38.5 Å². The zero-order valence-electron chi connectivity index (χ0n) is 12.0. The zero-order chi connectivity index (χ0) is 14.8. The van der Waals surface area contributed by atoms with Crippen LogP contribution < -0.4 is 5.73 Å². The summed E-state index contributed by atoms with van der Waals surface area (Å²) in [7, 11) is 0. The van der Waals surface area contributed by atoms with Gasteiger partial charge < -0.3 is 10.5 Å². The molecule has 1 fully saturated rings. The second kappa shape index (κ2) is 6.75. The third-order valence-corrected chi connectivity index (χ3v) is 4.44. The Morgan fingerprint density at radius 1 is 1.50 bits per heavy atom. The molecule has 1 unspecified atom stereocenters. The third kappa shape index (κ3) is 4.43. The van der Waals surface area contributed by atoms with E-state index in [0.717, 1.165) is 47.7 Å². The lowest BCUT2D eigenvalue weighted by Gasteiger charge is -2.38. The molecule has 0 amide bonds. The second-order valence-corrected chi connectivity index (χ2v) is 7.27. The lowest BCUT2D eigenvalue weighted by Crippen LogP contribution is -2.48. The normalized spacial score (nSPS) is 20.9. The van der Waals surface area contributed by atoms with Crippen LogP contribution in [0.1, 0.15) is 31.9 Å². The lowest BCUT2D eigenvalue weighted by atomic mass is 10.0. The fourth-order valence-electron chi connectivity index (χ4n) is 2.58. The van der Waals surface area contributed by atoms with E-state index in [0.29, 0.717) is 0 Å². The summed E-state index contributed by atoms with van der Waals surface area (Å²) in [6.45, 7) is 7.95. The maximum atomic E-state index is 6.27. The smallest absolute Gasteiger partial charge is 0.0753 e. The first kappa shape index (κ1) is 16.2. The molecule has 3 nitrogen and oxygen atoms in total. The van der Waals surface area contributed by atoms with Crippen LogP contribution in [0.5, 0.6) is 0 Å². The summed E-state index contributed by atoms with van der Waals surface area (Å²) in [5.74, 6) is 0. The van der Waals surface area contributed by atoms with Gasteiger partial charge in [0.1, 0.15) is 0 Å². The number of ether oxygens (including phenoxy) is 1. The average Bonchev–Trinajstić information content (AvgIpc) is 2.35. The summed E-state index contributed by atoms with van der Waals surface area (Å²) in [6.07, 6.45) is 0.900. The van der Waals surface area contributed by atoms with Gasteiger partial charge in [0, 0.05) is 35.2 Å². The maximum absolute atomic E-state index is 6.27. The highest BCUT2D eigenvalue weighted by atomic mass is 79.9. The van der Waals surface area contributed by atoms with Crippen LogP contribution in [0.3, 0.4) is 0 Å². The van der Waals surface area contributed by atoms with Gasteiger partial charge in [-0.25, -0.2) is 0 Å². The Kier molecular flexibility index (Phi) is 5.49. The van der Waals surface area contributed by atoms with Crippen molar-refractivity contribution in [2.75, 3.05) is 26.2 Å². The molecule has 112 valence electrons. The van der Waals surface area contributed by atoms with E-state index in [1.54, 1.807) is 0 Å². The summed E-state index contributed by atoms with van der Waals surface area (Å²) < 4.78 is 6.70. The van der Waals surface area contributed by atoms with Crippen molar-refractivity contribution in [1.29, 1.82) is 0 Å². The van der Waals surface area contributed by atoms with Crippen LogP contribution in [0.4, 0.5) is 0 Å². The van der Waals surface area contributed by atoms with Crippen LogP contribution in [0, 0.1) is 0 Å². The van der Waals surface area contributed by atoms with Gasteiger partial charge in [-0.2, -0.15) is 0 Å². The minimum Gasteiger partial charge on any atom is -0.373 e. The quantitative estimate of drug-likeness (QED) is 0.890. The van der Waals surface area contributed by atoms with E-state index in [1.165, 1.54) is 0 Å². The molecule has 0 bridgehead atoms. The zero-order valence-corrected chi connectivity index (χ0v) is 14.4. The second-order valence-electron chi connectivity index (χ2n) is 5.95. The number of rotatable bonds is 4. The Morgan fingerprint density at radius 2 is 2.25 bits per heavy atom. The van der Waals surface area contributed by atoms with E-state index in [2.05, 4.69) is 34.7 Å². The predicted molar refractivity (Wildman–Crippen MR) is 87.2 cm³/mol. The Bertz CT molecular complexity index is 467. The van der Waals surface area contributed by atoms with Crippen molar-refractivity contribution in [2.45, 2.75) is 31.9 Å². The molecule has 0 aromatic heterocycles. The van der Waals surface area contributed by atoms with Gasteiger partial charge >= 0.3 is 0 Å². The van der Waals surface area contributed by atoms with Crippen LogP contribution in [0.25, 0.3) is 0 Å². The highest BCUT2D eigenvalue weighted by Gasteiger charge is 2.27. The van der Waals surface area contributed by atoms with Crippen molar-refractivity contribution in [3.05, 3.63) is 33.3 Å². The number of morpholine rings is 1. The molecule has 1 heterocycles. The van der Waals surface area contributed by atoms with Crippen molar-refractivity contribution in [1.82, 2.24) is 4.90 Å². The standard InChI is InChI=1S/C15H22BrClN2O/c1-15(2)10-19(7-8-20-15)6-5-14(18)12-4-3-11(16)9-13(12)17/h3-4,9,14H,5-8,10,18H2,1-2H3. The first-order valence-corrected chi connectivity index (χ1v) is 8.11. The molecule has 0 saturated carbocycles. The van der Waals surface area contributed by atoms with Crippen molar-refractivity contribution < 1.29 is 4.74 Å². The fraction of sp³-hybridized carbons (Fsp3) is 0.600. The predicted octanol–water partition coefficient (Wildman–Crippen LogP) is 3.60. The number of nitrogens with two attached hydrogens (primary N) is 1. The Balaban J connectivity index is 1.90. The summed E-state index contributed by atoms with van der Waals surface area (Å²) in [4.78, 5) is 2.41. The summed E-state index contributed by atoms with van der Waals surface area (Å²) in [5.41, 5.74) is 7.23. The van der Waals surface area contributed by atoms with Gasteiger partial charge in [0.2, 0.25) is 0 Å². The maximum Gasteiger partial charge on any atom is 0.0753 e.